The van der Waals surface area contributed by atoms with E-state index in [4.69, 9.17) is 4.74 Å². The molecule has 1 fully saturated rings. The third kappa shape index (κ3) is 4.01. The number of ether oxygens (including phenoxy) is 1. The number of benzene rings is 1. The molecule has 3 rings (SSSR count). The van der Waals surface area contributed by atoms with Gasteiger partial charge in [-0.1, -0.05) is 30.3 Å². The molecule has 0 spiro atoms. The zero-order valence-electron chi connectivity index (χ0n) is 9.73. The average Bonchev–Trinajstić information content (AvgIpc) is 2.96. The van der Waals surface area contributed by atoms with Gasteiger partial charge in [0.25, 0.3) is 0 Å². The van der Waals surface area contributed by atoms with E-state index >= 15 is 0 Å². The summed E-state index contributed by atoms with van der Waals surface area (Å²) in [6.07, 6.45) is 1.75. The van der Waals surface area contributed by atoms with Crippen molar-refractivity contribution in [1.82, 2.24) is 15.5 Å². The Balaban J connectivity index is 0.000000153. The second-order valence-electron chi connectivity index (χ2n) is 3.70. The lowest BCUT2D eigenvalue weighted by Gasteiger charge is -2.10. The van der Waals surface area contributed by atoms with E-state index in [1.54, 1.807) is 6.20 Å². The molecule has 90 valence electrons. The Bertz CT molecular complexity index is 384. The SMILES string of the molecule is C1COCCN1.c1ccc(-c2ccn[nH]2)cc1. The van der Waals surface area contributed by atoms with Crippen molar-refractivity contribution in [2.24, 2.45) is 0 Å². The Morgan fingerprint density at radius 2 is 1.76 bits per heavy atom. The fourth-order valence-electron chi connectivity index (χ4n) is 1.55. The first kappa shape index (κ1) is 11.8. The molecular formula is C13H17N3O. The highest BCUT2D eigenvalue weighted by Crippen LogP contribution is 2.13. The summed E-state index contributed by atoms with van der Waals surface area (Å²) in [6, 6.07) is 12.1. The molecule has 2 N–H and O–H groups in total. The van der Waals surface area contributed by atoms with E-state index in [2.05, 4.69) is 15.5 Å². The van der Waals surface area contributed by atoms with Crippen molar-refractivity contribution in [3.05, 3.63) is 42.6 Å². The molecule has 0 unspecified atom stereocenters. The summed E-state index contributed by atoms with van der Waals surface area (Å²) in [5.41, 5.74) is 2.23. The van der Waals surface area contributed by atoms with E-state index in [0.717, 1.165) is 32.0 Å². The maximum atomic E-state index is 5.01. The Morgan fingerprint density at radius 1 is 1.00 bits per heavy atom. The fraction of sp³-hybridized carbons (Fsp3) is 0.308. The van der Waals surface area contributed by atoms with Crippen LogP contribution in [-0.2, 0) is 4.74 Å². The van der Waals surface area contributed by atoms with Crippen molar-refractivity contribution in [2.75, 3.05) is 26.3 Å². The third-order valence-electron chi connectivity index (χ3n) is 2.43. The smallest absolute Gasteiger partial charge is 0.0650 e. The van der Waals surface area contributed by atoms with Gasteiger partial charge in [-0.25, -0.2) is 0 Å². The molecule has 0 amide bonds. The van der Waals surface area contributed by atoms with E-state index in [1.807, 2.05) is 36.4 Å². The van der Waals surface area contributed by atoms with Crippen LogP contribution in [0.2, 0.25) is 0 Å². The van der Waals surface area contributed by atoms with Gasteiger partial charge in [0, 0.05) is 19.3 Å². The minimum atomic E-state index is 0.889. The van der Waals surface area contributed by atoms with Crippen molar-refractivity contribution in [1.29, 1.82) is 0 Å². The van der Waals surface area contributed by atoms with Gasteiger partial charge in [-0.15, -0.1) is 0 Å². The van der Waals surface area contributed by atoms with Crippen molar-refractivity contribution < 1.29 is 4.74 Å². The van der Waals surface area contributed by atoms with Gasteiger partial charge < -0.3 is 10.1 Å². The van der Waals surface area contributed by atoms with Crippen LogP contribution in [0.4, 0.5) is 0 Å². The second-order valence-corrected chi connectivity index (χ2v) is 3.70. The van der Waals surface area contributed by atoms with Gasteiger partial charge in [-0.3, -0.25) is 5.10 Å². The predicted molar refractivity (Wildman–Crippen MR) is 67.7 cm³/mol. The molecule has 1 aliphatic rings. The fourth-order valence-corrected chi connectivity index (χ4v) is 1.55. The molecule has 0 radical (unpaired) electrons. The summed E-state index contributed by atoms with van der Waals surface area (Å²) in [6.45, 7) is 3.83. The van der Waals surface area contributed by atoms with Gasteiger partial charge in [0.15, 0.2) is 0 Å². The predicted octanol–water partition coefficient (Wildman–Crippen LogP) is 1.68. The Kier molecular flexibility index (Phi) is 4.75. The van der Waals surface area contributed by atoms with Crippen molar-refractivity contribution in [2.45, 2.75) is 0 Å². The number of nitrogens with zero attached hydrogens (tertiary/aromatic N) is 1. The lowest BCUT2D eigenvalue weighted by atomic mass is 10.2. The molecule has 17 heavy (non-hydrogen) atoms. The van der Waals surface area contributed by atoms with Crippen LogP contribution in [0.1, 0.15) is 0 Å². The Labute approximate surface area is 101 Å². The first-order valence-electron chi connectivity index (χ1n) is 5.80. The van der Waals surface area contributed by atoms with Gasteiger partial charge in [-0.05, 0) is 11.6 Å². The van der Waals surface area contributed by atoms with Crippen LogP contribution in [-0.4, -0.2) is 36.5 Å². The van der Waals surface area contributed by atoms with E-state index in [1.165, 1.54) is 5.56 Å². The summed E-state index contributed by atoms with van der Waals surface area (Å²) >= 11 is 0. The number of aromatic amines is 1. The number of rotatable bonds is 1. The highest BCUT2D eigenvalue weighted by atomic mass is 16.5. The minimum Gasteiger partial charge on any atom is -0.379 e. The van der Waals surface area contributed by atoms with Crippen molar-refractivity contribution in [3.63, 3.8) is 0 Å². The van der Waals surface area contributed by atoms with Crippen LogP contribution in [0, 0.1) is 0 Å². The van der Waals surface area contributed by atoms with Gasteiger partial charge in [-0.2, -0.15) is 5.10 Å². The zero-order valence-corrected chi connectivity index (χ0v) is 9.73. The molecule has 0 saturated carbocycles. The molecular weight excluding hydrogens is 214 g/mol. The molecule has 0 atom stereocenters. The van der Waals surface area contributed by atoms with Crippen LogP contribution >= 0.6 is 0 Å². The largest absolute Gasteiger partial charge is 0.379 e. The standard InChI is InChI=1S/C9H8N2.C4H9NO/c1-2-4-8(5-3-1)9-6-7-10-11-9;1-3-6-4-2-5-1/h1-7H,(H,10,11);5H,1-4H2. The zero-order chi connectivity index (χ0) is 11.8. The highest BCUT2D eigenvalue weighted by Gasteiger charge is 1.94. The van der Waals surface area contributed by atoms with E-state index < -0.39 is 0 Å². The van der Waals surface area contributed by atoms with E-state index in [9.17, 15) is 0 Å². The summed E-state index contributed by atoms with van der Waals surface area (Å²) in [5, 5.41) is 9.94. The van der Waals surface area contributed by atoms with Gasteiger partial charge >= 0.3 is 0 Å². The molecule has 4 nitrogen and oxygen atoms in total. The molecule has 1 aliphatic heterocycles. The van der Waals surface area contributed by atoms with Gasteiger partial charge in [0.05, 0.1) is 18.9 Å². The van der Waals surface area contributed by atoms with Crippen molar-refractivity contribution >= 4 is 0 Å². The van der Waals surface area contributed by atoms with E-state index in [-0.39, 0.29) is 0 Å². The van der Waals surface area contributed by atoms with Gasteiger partial charge in [0.2, 0.25) is 0 Å². The molecule has 2 heterocycles. The number of H-pyrrole nitrogens is 1. The molecule has 1 saturated heterocycles. The minimum absolute atomic E-state index is 0.889. The summed E-state index contributed by atoms with van der Waals surface area (Å²) < 4.78 is 5.01. The maximum Gasteiger partial charge on any atom is 0.0650 e. The normalized spacial score (nSPS) is 14.8. The Hall–Kier alpha value is -1.65. The van der Waals surface area contributed by atoms with Crippen LogP contribution in [0.3, 0.4) is 0 Å². The molecule has 0 aliphatic carbocycles. The number of morpholine rings is 1. The third-order valence-corrected chi connectivity index (χ3v) is 2.43. The summed E-state index contributed by atoms with van der Waals surface area (Å²) in [5.74, 6) is 0. The maximum absolute atomic E-state index is 5.01. The van der Waals surface area contributed by atoms with Crippen LogP contribution in [0.15, 0.2) is 42.6 Å². The van der Waals surface area contributed by atoms with Crippen LogP contribution in [0.25, 0.3) is 11.3 Å². The molecule has 2 aromatic rings. The van der Waals surface area contributed by atoms with Crippen molar-refractivity contribution in [3.8, 4) is 11.3 Å². The molecule has 0 bridgehead atoms. The van der Waals surface area contributed by atoms with Gasteiger partial charge in [0.1, 0.15) is 0 Å². The van der Waals surface area contributed by atoms with Crippen LogP contribution < -0.4 is 5.32 Å². The number of hydrogen-bond acceptors (Lipinski definition) is 3. The molecule has 4 heteroatoms. The lowest BCUT2D eigenvalue weighted by molar-refractivity contribution is 0.109. The highest BCUT2D eigenvalue weighted by molar-refractivity contribution is 5.57. The first-order valence-corrected chi connectivity index (χ1v) is 5.80. The summed E-state index contributed by atoms with van der Waals surface area (Å²) in [7, 11) is 0. The van der Waals surface area contributed by atoms with Crippen LogP contribution in [0.5, 0.6) is 0 Å². The number of aromatic nitrogens is 2. The monoisotopic (exact) mass is 231 g/mol. The average molecular weight is 231 g/mol. The number of hydrogen-bond donors (Lipinski definition) is 2. The first-order chi connectivity index (χ1) is 8.47. The summed E-state index contributed by atoms with van der Waals surface area (Å²) in [4.78, 5) is 0. The molecule has 1 aromatic carbocycles. The molecule has 1 aromatic heterocycles. The lowest BCUT2D eigenvalue weighted by Crippen LogP contribution is -2.30. The topological polar surface area (TPSA) is 49.9 Å². The quantitative estimate of drug-likeness (QED) is 0.785. The van der Waals surface area contributed by atoms with E-state index in [0.29, 0.717) is 0 Å². The second kappa shape index (κ2) is 6.83. The Morgan fingerprint density at radius 3 is 2.24 bits per heavy atom. The number of nitrogens with one attached hydrogen (secondary N) is 2.